The Bertz CT molecular complexity index is 843. The number of methoxy groups -OCH3 is 1. The van der Waals surface area contributed by atoms with Crippen molar-refractivity contribution < 1.29 is 19.1 Å². The number of imide groups is 1. The van der Waals surface area contributed by atoms with Crippen LogP contribution in [0.25, 0.3) is 0 Å². The van der Waals surface area contributed by atoms with Crippen molar-refractivity contribution in [2.24, 2.45) is 35.5 Å². The second kappa shape index (κ2) is 5.68. The number of hydrogen-bond acceptors (Lipinski definition) is 4. The third kappa shape index (κ3) is 2.22. The zero-order valence-electron chi connectivity index (χ0n) is 15.3. The molecule has 27 heavy (non-hydrogen) atoms. The van der Waals surface area contributed by atoms with Gasteiger partial charge in [0.05, 0.1) is 24.6 Å². The normalized spacial score (nSPS) is 36.3. The second-order valence-electron chi connectivity index (χ2n) is 8.07. The molecular weight excluding hydrogens is 344 g/mol. The number of likely N-dealkylation sites (tertiary alicyclic amines) is 1. The third-order valence-corrected chi connectivity index (χ3v) is 6.83. The molecule has 0 unspecified atom stereocenters. The highest BCUT2D eigenvalue weighted by Gasteiger charge is 2.67. The number of carbonyl (C=O) groups excluding carboxylic acids is 3. The molecule has 1 aromatic rings. The van der Waals surface area contributed by atoms with Crippen LogP contribution in [0.1, 0.15) is 13.3 Å². The molecule has 1 saturated heterocycles. The van der Waals surface area contributed by atoms with E-state index in [9.17, 15) is 14.4 Å². The lowest BCUT2D eigenvalue weighted by molar-refractivity contribution is -0.146. The molecule has 7 atom stereocenters. The molecule has 2 saturated carbocycles. The molecule has 1 aromatic carbocycles. The molecule has 3 amide bonds. The number of nitrogens with one attached hydrogen (secondary N) is 1. The summed E-state index contributed by atoms with van der Waals surface area (Å²) in [6.45, 7) is 1.62. The number of benzene rings is 1. The zero-order chi connectivity index (χ0) is 18.9. The Labute approximate surface area is 157 Å². The van der Waals surface area contributed by atoms with Gasteiger partial charge >= 0.3 is 0 Å². The van der Waals surface area contributed by atoms with Crippen molar-refractivity contribution in [3.63, 3.8) is 0 Å². The van der Waals surface area contributed by atoms with Crippen molar-refractivity contribution in [3.05, 3.63) is 36.4 Å². The summed E-state index contributed by atoms with van der Waals surface area (Å²) in [4.78, 5) is 40.2. The van der Waals surface area contributed by atoms with Crippen molar-refractivity contribution in [1.29, 1.82) is 0 Å². The van der Waals surface area contributed by atoms with Crippen molar-refractivity contribution >= 4 is 23.4 Å². The lowest BCUT2D eigenvalue weighted by atomic mass is 9.63. The molecule has 2 bridgehead atoms. The van der Waals surface area contributed by atoms with Crippen LogP contribution >= 0.6 is 0 Å². The van der Waals surface area contributed by atoms with E-state index < -0.39 is 6.04 Å². The van der Waals surface area contributed by atoms with Crippen LogP contribution in [0.3, 0.4) is 0 Å². The van der Waals surface area contributed by atoms with Gasteiger partial charge in [-0.15, -0.1) is 0 Å². The van der Waals surface area contributed by atoms with E-state index in [-0.39, 0.29) is 41.4 Å². The summed E-state index contributed by atoms with van der Waals surface area (Å²) in [5, 5.41) is 2.79. The predicted octanol–water partition coefficient (Wildman–Crippen LogP) is 2.08. The van der Waals surface area contributed by atoms with Crippen molar-refractivity contribution in [2.45, 2.75) is 19.4 Å². The average molecular weight is 366 g/mol. The van der Waals surface area contributed by atoms with Gasteiger partial charge in [-0.2, -0.15) is 0 Å². The molecule has 1 N–H and O–H groups in total. The highest BCUT2D eigenvalue weighted by molar-refractivity contribution is 6.10. The number of allylic oxidation sites excluding steroid dienone is 2. The molecule has 6 heteroatoms. The number of ether oxygens (including phenoxy) is 1. The van der Waals surface area contributed by atoms with Crippen molar-refractivity contribution in [2.75, 3.05) is 12.4 Å². The average Bonchev–Trinajstić information content (AvgIpc) is 3.45. The van der Waals surface area contributed by atoms with E-state index in [1.165, 1.54) is 12.0 Å². The molecule has 140 valence electrons. The van der Waals surface area contributed by atoms with Crippen LogP contribution in [0.15, 0.2) is 36.4 Å². The van der Waals surface area contributed by atoms with Gasteiger partial charge < -0.3 is 10.1 Å². The van der Waals surface area contributed by atoms with Crippen LogP contribution < -0.4 is 10.1 Å². The Morgan fingerprint density at radius 1 is 1.11 bits per heavy atom. The van der Waals surface area contributed by atoms with Gasteiger partial charge in [0.2, 0.25) is 17.7 Å². The highest BCUT2D eigenvalue weighted by atomic mass is 16.5. The number of anilines is 1. The fourth-order valence-electron chi connectivity index (χ4n) is 5.46. The first-order chi connectivity index (χ1) is 13.0. The molecule has 0 spiro atoms. The summed E-state index contributed by atoms with van der Waals surface area (Å²) >= 11 is 0. The summed E-state index contributed by atoms with van der Waals surface area (Å²) in [5.41, 5.74) is 0.524. The summed E-state index contributed by atoms with van der Waals surface area (Å²) < 4.78 is 5.25. The lowest BCUT2D eigenvalue weighted by Crippen LogP contribution is -2.46. The van der Waals surface area contributed by atoms with E-state index in [1.807, 2.05) is 6.07 Å². The fraction of sp³-hybridized carbons (Fsp3) is 0.476. The van der Waals surface area contributed by atoms with Gasteiger partial charge in [-0.05, 0) is 49.1 Å². The second-order valence-corrected chi connectivity index (χ2v) is 8.07. The number of nitrogens with zero attached hydrogens (tertiary/aromatic N) is 1. The van der Waals surface area contributed by atoms with E-state index in [2.05, 4.69) is 17.5 Å². The summed E-state index contributed by atoms with van der Waals surface area (Å²) in [7, 11) is 1.53. The molecular formula is C21H22N2O4. The minimum atomic E-state index is -0.851. The van der Waals surface area contributed by atoms with Gasteiger partial charge in [0.25, 0.3) is 0 Å². The number of amides is 3. The maximum atomic E-state index is 13.1. The van der Waals surface area contributed by atoms with E-state index in [0.29, 0.717) is 23.3 Å². The number of para-hydroxylation sites is 2. The van der Waals surface area contributed by atoms with E-state index in [1.54, 1.807) is 25.1 Å². The van der Waals surface area contributed by atoms with Crippen LogP contribution in [0, 0.1) is 35.5 Å². The first kappa shape index (κ1) is 16.5. The summed E-state index contributed by atoms with van der Waals surface area (Å²) in [6.07, 6.45) is 5.39. The molecule has 0 radical (unpaired) electrons. The Balaban J connectivity index is 1.38. The van der Waals surface area contributed by atoms with Crippen LogP contribution in [-0.4, -0.2) is 35.8 Å². The largest absolute Gasteiger partial charge is 0.495 e. The van der Waals surface area contributed by atoms with E-state index in [4.69, 9.17) is 4.74 Å². The first-order valence-electron chi connectivity index (χ1n) is 9.52. The first-order valence-corrected chi connectivity index (χ1v) is 9.52. The molecule has 5 aliphatic rings. The fourth-order valence-corrected chi connectivity index (χ4v) is 5.46. The van der Waals surface area contributed by atoms with Gasteiger partial charge in [-0.25, -0.2) is 0 Å². The molecule has 1 heterocycles. The minimum Gasteiger partial charge on any atom is -0.495 e. The molecule has 4 aliphatic carbocycles. The minimum absolute atomic E-state index is 0.163. The van der Waals surface area contributed by atoms with Gasteiger partial charge in [0.15, 0.2) is 0 Å². The maximum absolute atomic E-state index is 13.1. The molecule has 6 rings (SSSR count). The van der Waals surface area contributed by atoms with Gasteiger partial charge in [-0.1, -0.05) is 24.3 Å². The molecule has 0 aromatic heterocycles. The lowest BCUT2D eigenvalue weighted by Gasteiger charge is -2.37. The smallest absolute Gasteiger partial charge is 0.247 e. The Morgan fingerprint density at radius 3 is 2.30 bits per heavy atom. The number of rotatable bonds is 4. The Kier molecular flexibility index (Phi) is 3.48. The topological polar surface area (TPSA) is 75.7 Å². The Hall–Kier alpha value is -2.63. The zero-order valence-corrected chi connectivity index (χ0v) is 15.3. The molecule has 3 fully saturated rings. The maximum Gasteiger partial charge on any atom is 0.247 e. The van der Waals surface area contributed by atoms with Crippen LogP contribution in [0.5, 0.6) is 5.75 Å². The summed E-state index contributed by atoms with van der Waals surface area (Å²) in [6, 6.07) is 6.23. The number of hydrogen-bond donors (Lipinski definition) is 1. The van der Waals surface area contributed by atoms with Crippen molar-refractivity contribution in [1.82, 2.24) is 4.90 Å². The molecule has 1 aliphatic heterocycles. The van der Waals surface area contributed by atoms with Crippen LogP contribution in [0.2, 0.25) is 0 Å². The van der Waals surface area contributed by atoms with Gasteiger partial charge in [0.1, 0.15) is 11.8 Å². The van der Waals surface area contributed by atoms with E-state index in [0.717, 1.165) is 6.42 Å². The highest BCUT2D eigenvalue weighted by Crippen LogP contribution is 2.65. The third-order valence-electron chi connectivity index (χ3n) is 6.83. The number of carbonyl (C=O) groups is 3. The van der Waals surface area contributed by atoms with Gasteiger partial charge in [0, 0.05) is 0 Å². The summed E-state index contributed by atoms with van der Waals surface area (Å²) in [5.74, 6) is 0.655. The quantitative estimate of drug-likeness (QED) is 0.654. The predicted molar refractivity (Wildman–Crippen MR) is 97.6 cm³/mol. The molecule has 6 nitrogen and oxygen atoms in total. The Morgan fingerprint density at radius 2 is 1.70 bits per heavy atom. The SMILES string of the molecule is COc1ccccc1NC(=O)[C@@H](C)N1C(=O)[C@@H]2[C@@H]3C=C[C@H]([C@H]4C[C@H]34)[C@@H]2C1=O. The van der Waals surface area contributed by atoms with Crippen LogP contribution in [0.4, 0.5) is 5.69 Å². The van der Waals surface area contributed by atoms with Crippen molar-refractivity contribution in [3.8, 4) is 5.75 Å². The van der Waals surface area contributed by atoms with Crippen LogP contribution in [-0.2, 0) is 14.4 Å². The standard InChI is InChI=1S/C21H22N2O4/c1-10(19(24)22-15-5-3-4-6-16(15)27-2)23-20(25)17-11-7-8-12(14-9-13(11)14)18(17)21(23)26/h3-8,10-14,17-18H,9H2,1-2H3,(H,22,24)/t10-,11-,12-,13-,14-,17-,18+/m1/s1. The van der Waals surface area contributed by atoms with E-state index >= 15 is 0 Å². The monoisotopic (exact) mass is 366 g/mol. The van der Waals surface area contributed by atoms with Gasteiger partial charge in [-0.3, -0.25) is 19.3 Å².